The molecule has 7 aromatic carbocycles. The van der Waals surface area contributed by atoms with E-state index in [0.717, 1.165) is 0 Å². The molecule has 3 nitrogen and oxygen atoms in total. The van der Waals surface area contributed by atoms with Crippen LogP contribution in [0.3, 0.4) is 0 Å². The van der Waals surface area contributed by atoms with Crippen molar-refractivity contribution in [2.45, 2.75) is 20.8 Å². The van der Waals surface area contributed by atoms with Crippen LogP contribution in [0.15, 0.2) is 146 Å². The zero-order chi connectivity index (χ0) is 32.1. The van der Waals surface area contributed by atoms with Crippen LogP contribution < -0.4 is 0 Å². The van der Waals surface area contributed by atoms with E-state index >= 15 is 0 Å². The summed E-state index contributed by atoms with van der Waals surface area (Å²) in [6.45, 7) is 6.52. The Morgan fingerprint density at radius 2 is 0.646 bits per heavy atom. The largest absolute Gasteiger partial charge is 0.309 e. The van der Waals surface area contributed by atoms with Gasteiger partial charge in [0.1, 0.15) is 0 Å². The van der Waals surface area contributed by atoms with Gasteiger partial charge in [-0.2, -0.15) is 0 Å². The Kier molecular flexibility index (Phi) is 5.63. The second kappa shape index (κ2) is 9.97. The molecule has 0 aliphatic heterocycles. The minimum absolute atomic E-state index is 1.17. The first-order chi connectivity index (χ1) is 23.5. The average Bonchev–Trinajstić information content (AvgIpc) is 3.73. The molecule has 0 N–H and O–H groups in total. The predicted octanol–water partition coefficient (Wildman–Crippen LogP) is 11.9. The molecule has 0 atom stereocenters. The second-order valence-electron chi connectivity index (χ2n) is 13.3. The summed E-state index contributed by atoms with van der Waals surface area (Å²) >= 11 is 0. The minimum atomic E-state index is 1.17. The van der Waals surface area contributed by atoms with Crippen molar-refractivity contribution in [1.29, 1.82) is 0 Å². The second-order valence-corrected chi connectivity index (χ2v) is 13.3. The van der Waals surface area contributed by atoms with Crippen LogP contribution in [0.5, 0.6) is 0 Å². The van der Waals surface area contributed by atoms with Gasteiger partial charge in [-0.15, -0.1) is 0 Å². The van der Waals surface area contributed by atoms with E-state index in [0.29, 0.717) is 0 Å². The van der Waals surface area contributed by atoms with E-state index in [1.54, 1.807) is 0 Å². The van der Waals surface area contributed by atoms with Crippen LogP contribution in [0, 0.1) is 20.8 Å². The van der Waals surface area contributed by atoms with Crippen LogP contribution in [0.4, 0.5) is 0 Å². The first kappa shape index (κ1) is 27.1. The van der Waals surface area contributed by atoms with Crippen LogP contribution in [0.25, 0.3) is 82.5 Å². The van der Waals surface area contributed by atoms with Gasteiger partial charge in [-0.3, -0.25) is 0 Å². The summed E-state index contributed by atoms with van der Waals surface area (Å²) in [7, 11) is 0. The van der Waals surface area contributed by atoms with Crippen molar-refractivity contribution in [1.82, 2.24) is 13.7 Å². The highest BCUT2D eigenvalue weighted by atomic mass is 15.0. The Balaban J connectivity index is 1.30. The quantitative estimate of drug-likeness (QED) is 0.188. The molecule has 0 aliphatic rings. The summed E-state index contributed by atoms with van der Waals surface area (Å²) < 4.78 is 7.28. The average molecular weight is 616 g/mol. The third kappa shape index (κ3) is 3.82. The fourth-order valence-corrected chi connectivity index (χ4v) is 8.05. The number of aromatic nitrogens is 3. The summed E-state index contributed by atoms with van der Waals surface area (Å²) in [5, 5.41) is 7.61. The lowest BCUT2D eigenvalue weighted by Crippen LogP contribution is -1.96. The third-order valence-corrected chi connectivity index (χ3v) is 10.2. The van der Waals surface area contributed by atoms with Gasteiger partial charge in [0.25, 0.3) is 0 Å². The lowest BCUT2D eigenvalue weighted by atomic mass is 10.1. The summed E-state index contributed by atoms with van der Waals surface area (Å²) in [5.41, 5.74) is 14.6. The SMILES string of the molecule is Cc1cccc(-n2c3ccc(-n4c5ccccc5c5cc(C)ccc54)cc3c3cc(-n4c5ccccc5c5cc(C)ccc54)ccc32)c1. The molecule has 0 aliphatic carbocycles. The van der Waals surface area contributed by atoms with Crippen molar-refractivity contribution in [3.8, 4) is 17.1 Å². The highest BCUT2D eigenvalue weighted by Crippen LogP contribution is 2.39. The molecule has 3 aromatic heterocycles. The summed E-state index contributed by atoms with van der Waals surface area (Å²) in [6, 6.07) is 54.0. The van der Waals surface area contributed by atoms with Crippen molar-refractivity contribution in [3.05, 3.63) is 162 Å². The maximum absolute atomic E-state index is 2.43. The van der Waals surface area contributed by atoms with E-state index in [1.807, 2.05) is 0 Å². The van der Waals surface area contributed by atoms with Gasteiger partial charge in [-0.25, -0.2) is 0 Å². The molecule has 0 fully saturated rings. The molecule has 10 aromatic rings. The fourth-order valence-electron chi connectivity index (χ4n) is 8.05. The number of para-hydroxylation sites is 2. The Morgan fingerprint density at radius 1 is 0.271 bits per heavy atom. The number of rotatable bonds is 3. The van der Waals surface area contributed by atoms with Crippen LogP contribution in [0.2, 0.25) is 0 Å². The molecule has 3 heterocycles. The lowest BCUT2D eigenvalue weighted by molar-refractivity contribution is 1.15. The van der Waals surface area contributed by atoms with Gasteiger partial charge >= 0.3 is 0 Å². The summed E-state index contributed by atoms with van der Waals surface area (Å²) in [6.07, 6.45) is 0. The zero-order valence-electron chi connectivity index (χ0n) is 27.2. The van der Waals surface area contributed by atoms with Crippen molar-refractivity contribution in [2.24, 2.45) is 0 Å². The number of hydrogen-bond acceptors (Lipinski definition) is 0. The molecule has 0 bridgehead atoms. The van der Waals surface area contributed by atoms with Gasteiger partial charge in [-0.1, -0.05) is 71.8 Å². The number of hydrogen-bond donors (Lipinski definition) is 0. The molecular weight excluding hydrogens is 583 g/mol. The topological polar surface area (TPSA) is 14.8 Å². The van der Waals surface area contributed by atoms with E-state index in [-0.39, 0.29) is 0 Å². The molecule has 48 heavy (non-hydrogen) atoms. The van der Waals surface area contributed by atoms with Gasteiger partial charge in [0.05, 0.1) is 33.1 Å². The fraction of sp³-hybridized carbons (Fsp3) is 0.0667. The third-order valence-electron chi connectivity index (χ3n) is 10.2. The molecule has 10 rings (SSSR count). The number of nitrogens with zero attached hydrogens (tertiary/aromatic N) is 3. The van der Waals surface area contributed by atoms with E-state index in [1.165, 1.54) is 99.2 Å². The Hall–Kier alpha value is -6.06. The molecule has 3 heteroatoms. The highest BCUT2D eigenvalue weighted by molar-refractivity contribution is 6.14. The first-order valence-electron chi connectivity index (χ1n) is 16.7. The zero-order valence-corrected chi connectivity index (χ0v) is 27.2. The number of aryl methyl sites for hydroxylation is 3. The van der Waals surface area contributed by atoms with E-state index < -0.39 is 0 Å². The van der Waals surface area contributed by atoms with Gasteiger partial charge < -0.3 is 13.7 Å². The van der Waals surface area contributed by atoms with Crippen LogP contribution in [-0.2, 0) is 0 Å². The van der Waals surface area contributed by atoms with Gasteiger partial charge in [0, 0.05) is 49.4 Å². The van der Waals surface area contributed by atoms with Crippen LogP contribution in [-0.4, -0.2) is 13.7 Å². The molecule has 0 unspecified atom stereocenters. The van der Waals surface area contributed by atoms with E-state index in [4.69, 9.17) is 0 Å². The molecular formula is C45H33N3. The first-order valence-corrected chi connectivity index (χ1v) is 16.7. The van der Waals surface area contributed by atoms with Crippen molar-refractivity contribution in [2.75, 3.05) is 0 Å². The molecule has 0 saturated heterocycles. The van der Waals surface area contributed by atoms with Gasteiger partial charge in [-0.05, 0) is 111 Å². The Bertz CT molecular complexity index is 2750. The Morgan fingerprint density at radius 3 is 1.12 bits per heavy atom. The maximum Gasteiger partial charge on any atom is 0.0542 e. The summed E-state index contributed by atoms with van der Waals surface area (Å²) in [5.74, 6) is 0. The summed E-state index contributed by atoms with van der Waals surface area (Å²) in [4.78, 5) is 0. The predicted molar refractivity (Wildman–Crippen MR) is 204 cm³/mol. The molecule has 228 valence electrons. The monoisotopic (exact) mass is 615 g/mol. The molecule has 0 amide bonds. The van der Waals surface area contributed by atoms with Crippen molar-refractivity contribution < 1.29 is 0 Å². The van der Waals surface area contributed by atoms with Crippen molar-refractivity contribution >= 4 is 65.4 Å². The van der Waals surface area contributed by atoms with Crippen LogP contribution >= 0.6 is 0 Å². The molecule has 0 saturated carbocycles. The molecule has 0 radical (unpaired) electrons. The number of fused-ring (bicyclic) bond motifs is 9. The van der Waals surface area contributed by atoms with Gasteiger partial charge in [0.2, 0.25) is 0 Å². The van der Waals surface area contributed by atoms with Crippen LogP contribution in [0.1, 0.15) is 16.7 Å². The highest BCUT2D eigenvalue weighted by Gasteiger charge is 2.19. The minimum Gasteiger partial charge on any atom is -0.309 e. The Labute approximate surface area is 278 Å². The smallest absolute Gasteiger partial charge is 0.0542 e. The van der Waals surface area contributed by atoms with Gasteiger partial charge in [0.15, 0.2) is 0 Å². The lowest BCUT2D eigenvalue weighted by Gasteiger charge is -2.11. The normalized spacial score (nSPS) is 12.1. The maximum atomic E-state index is 2.43. The number of benzene rings is 7. The standard InChI is InChI=1S/C45H33N3/c1-28-9-8-10-31(23-28)46-44-21-17-32(47-40-13-6-4-11-34(40)36-24-29(2)15-19-42(36)47)26-38(44)39-27-33(18-22-45(39)46)48-41-14-7-5-12-35(41)37-25-30(3)16-20-43(37)48/h4-27H,1-3H3. The van der Waals surface area contributed by atoms with E-state index in [9.17, 15) is 0 Å². The van der Waals surface area contributed by atoms with Crippen molar-refractivity contribution in [3.63, 3.8) is 0 Å². The molecule has 0 spiro atoms. The van der Waals surface area contributed by atoms with E-state index in [2.05, 4.69) is 180 Å².